The monoisotopic (exact) mass is 163 g/mol. The van der Waals surface area contributed by atoms with Gasteiger partial charge in [0.05, 0.1) is 0 Å². The smallest absolute Gasteiger partial charge is 0.0139 e. The van der Waals surface area contributed by atoms with Crippen LogP contribution in [0.4, 0.5) is 0 Å². The highest BCUT2D eigenvalue weighted by atomic mass is 15.1. The van der Waals surface area contributed by atoms with Gasteiger partial charge in [0.1, 0.15) is 0 Å². The van der Waals surface area contributed by atoms with E-state index in [1.165, 1.54) is 12.6 Å². The largest absolute Gasteiger partial charge is 0.0973 e. The average molecular weight is 163 g/mol. The maximum absolute atomic E-state index is 7.33. The standard InChI is InChI=1S/C8H10.CH3N3/c1-2-8-6-4-3-5-7-8;1-3-4-2/h3-7H,2H2,1H3;1H3. The van der Waals surface area contributed by atoms with Crippen LogP contribution in [0.15, 0.2) is 35.4 Å². The van der Waals surface area contributed by atoms with E-state index in [1.54, 1.807) is 0 Å². The summed E-state index contributed by atoms with van der Waals surface area (Å²) in [5.74, 6) is 0. The summed E-state index contributed by atoms with van der Waals surface area (Å²) in [6.07, 6.45) is 1.14. The summed E-state index contributed by atoms with van der Waals surface area (Å²) in [7, 11) is 1.39. The van der Waals surface area contributed by atoms with Crippen LogP contribution in [0.25, 0.3) is 10.4 Å². The minimum atomic E-state index is 1.14. The lowest BCUT2D eigenvalue weighted by Gasteiger charge is -1.89. The fourth-order valence-corrected chi connectivity index (χ4v) is 0.714. The van der Waals surface area contributed by atoms with Gasteiger partial charge in [-0.05, 0) is 17.5 Å². The normalized spacial score (nSPS) is 7.50. The van der Waals surface area contributed by atoms with Gasteiger partial charge in [-0.2, -0.15) is 0 Å². The molecule has 0 N–H and O–H groups in total. The van der Waals surface area contributed by atoms with Crippen molar-refractivity contribution in [3.8, 4) is 0 Å². The number of rotatable bonds is 1. The van der Waals surface area contributed by atoms with Crippen molar-refractivity contribution >= 4 is 0 Å². The Hall–Kier alpha value is -1.47. The number of nitrogens with zero attached hydrogens (tertiary/aromatic N) is 3. The summed E-state index contributed by atoms with van der Waals surface area (Å²) in [5, 5.41) is 2.92. The Morgan fingerprint density at radius 1 is 1.33 bits per heavy atom. The highest BCUT2D eigenvalue weighted by Crippen LogP contribution is 1.96. The third-order valence-corrected chi connectivity index (χ3v) is 1.34. The van der Waals surface area contributed by atoms with E-state index < -0.39 is 0 Å². The third-order valence-electron chi connectivity index (χ3n) is 1.34. The van der Waals surface area contributed by atoms with E-state index in [1.807, 2.05) is 6.07 Å². The van der Waals surface area contributed by atoms with Gasteiger partial charge >= 0.3 is 0 Å². The fourth-order valence-electron chi connectivity index (χ4n) is 0.714. The summed E-state index contributed by atoms with van der Waals surface area (Å²) in [6, 6.07) is 10.5. The molecule has 0 aliphatic heterocycles. The first kappa shape index (κ1) is 10.5. The zero-order valence-corrected chi connectivity index (χ0v) is 7.44. The lowest BCUT2D eigenvalue weighted by molar-refractivity contribution is 1.14. The van der Waals surface area contributed by atoms with Gasteiger partial charge in [-0.25, -0.2) is 0 Å². The molecule has 0 spiro atoms. The molecule has 0 saturated carbocycles. The zero-order chi connectivity index (χ0) is 9.23. The molecule has 0 fully saturated rings. The lowest BCUT2D eigenvalue weighted by Crippen LogP contribution is -1.73. The zero-order valence-electron chi connectivity index (χ0n) is 7.44. The van der Waals surface area contributed by atoms with Gasteiger partial charge in [0.2, 0.25) is 0 Å². The van der Waals surface area contributed by atoms with Gasteiger partial charge in [0, 0.05) is 12.0 Å². The first-order chi connectivity index (χ1) is 5.85. The number of aryl methyl sites for hydroxylation is 1. The number of hydrogen-bond acceptors (Lipinski definition) is 1. The van der Waals surface area contributed by atoms with E-state index >= 15 is 0 Å². The number of benzene rings is 1. The molecule has 3 nitrogen and oxygen atoms in total. The van der Waals surface area contributed by atoms with Crippen molar-refractivity contribution in [2.75, 3.05) is 7.05 Å². The Morgan fingerprint density at radius 2 is 1.83 bits per heavy atom. The molecule has 1 rings (SSSR count). The third kappa shape index (κ3) is 5.33. The predicted octanol–water partition coefficient (Wildman–Crippen LogP) is 3.18. The van der Waals surface area contributed by atoms with E-state index in [0.29, 0.717) is 0 Å². The molecule has 0 radical (unpaired) electrons. The fraction of sp³-hybridized carbons (Fsp3) is 0.333. The molecule has 0 saturated heterocycles. The molecule has 1 aromatic rings. The van der Waals surface area contributed by atoms with Crippen LogP contribution in [0, 0.1) is 0 Å². The van der Waals surface area contributed by atoms with Crippen LogP contribution in [0.5, 0.6) is 0 Å². The number of azide groups is 1. The summed E-state index contributed by atoms with van der Waals surface area (Å²) in [6.45, 7) is 2.16. The molecule has 0 atom stereocenters. The molecule has 0 bridgehead atoms. The minimum absolute atomic E-state index is 1.14. The SMILES string of the molecule is CCc1ccccc1.CN=[N+]=[N-]. The van der Waals surface area contributed by atoms with E-state index in [2.05, 4.69) is 41.2 Å². The van der Waals surface area contributed by atoms with E-state index in [0.717, 1.165) is 6.42 Å². The van der Waals surface area contributed by atoms with Crippen molar-refractivity contribution in [3.05, 3.63) is 46.3 Å². The van der Waals surface area contributed by atoms with E-state index in [-0.39, 0.29) is 0 Å². The topological polar surface area (TPSA) is 48.8 Å². The molecule has 1 aromatic carbocycles. The number of hydrogen-bond donors (Lipinski definition) is 0. The maximum atomic E-state index is 7.33. The van der Waals surface area contributed by atoms with Gasteiger partial charge in [0.25, 0.3) is 0 Å². The van der Waals surface area contributed by atoms with Gasteiger partial charge in [-0.1, -0.05) is 42.4 Å². The first-order valence-electron chi connectivity index (χ1n) is 3.82. The van der Waals surface area contributed by atoms with Crippen LogP contribution >= 0.6 is 0 Å². The van der Waals surface area contributed by atoms with Crippen LogP contribution in [-0.4, -0.2) is 7.05 Å². The van der Waals surface area contributed by atoms with Gasteiger partial charge < -0.3 is 0 Å². The van der Waals surface area contributed by atoms with Crippen LogP contribution in [0.2, 0.25) is 0 Å². The van der Waals surface area contributed by atoms with Crippen LogP contribution < -0.4 is 0 Å². The average Bonchev–Trinajstić information content (AvgIpc) is 2.19. The van der Waals surface area contributed by atoms with Crippen molar-refractivity contribution in [1.82, 2.24) is 0 Å². The van der Waals surface area contributed by atoms with Gasteiger partial charge in [-0.15, -0.1) is 0 Å². The second kappa shape index (κ2) is 7.63. The van der Waals surface area contributed by atoms with Crippen molar-refractivity contribution in [2.24, 2.45) is 5.11 Å². The molecular weight excluding hydrogens is 150 g/mol. The molecule has 0 unspecified atom stereocenters. The molecule has 0 aromatic heterocycles. The molecule has 0 amide bonds. The van der Waals surface area contributed by atoms with Gasteiger partial charge in [-0.3, -0.25) is 0 Å². The molecule has 0 aliphatic carbocycles. The van der Waals surface area contributed by atoms with E-state index in [9.17, 15) is 0 Å². The van der Waals surface area contributed by atoms with Crippen molar-refractivity contribution in [3.63, 3.8) is 0 Å². The lowest BCUT2D eigenvalue weighted by atomic mass is 10.2. The molecular formula is C9H13N3. The Morgan fingerprint density at radius 3 is 2.08 bits per heavy atom. The Labute approximate surface area is 72.7 Å². The highest BCUT2D eigenvalue weighted by molar-refractivity contribution is 5.13. The second-order valence-corrected chi connectivity index (χ2v) is 2.13. The second-order valence-electron chi connectivity index (χ2n) is 2.13. The molecule has 0 heterocycles. The molecule has 64 valence electrons. The molecule has 3 heteroatoms. The Bertz CT molecular complexity index is 237. The quantitative estimate of drug-likeness (QED) is 0.347. The van der Waals surface area contributed by atoms with Crippen LogP contribution in [0.1, 0.15) is 12.5 Å². The Balaban J connectivity index is 0.000000261. The van der Waals surface area contributed by atoms with Crippen LogP contribution in [-0.2, 0) is 6.42 Å². The molecule has 0 aliphatic rings. The van der Waals surface area contributed by atoms with Crippen molar-refractivity contribution < 1.29 is 0 Å². The predicted molar refractivity (Wildman–Crippen MR) is 50.9 cm³/mol. The summed E-state index contributed by atoms with van der Waals surface area (Å²) >= 11 is 0. The maximum Gasteiger partial charge on any atom is 0.0139 e. The van der Waals surface area contributed by atoms with E-state index in [4.69, 9.17) is 5.53 Å². The Kier molecular flexibility index (Phi) is 6.70. The summed E-state index contributed by atoms with van der Waals surface area (Å²) < 4.78 is 0. The van der Waals surface area contributed by atoms with Crippen molar-refractivity contribution in [2.45, 2.75) is 13.3 Å². The summed E-state index contributed by atoms with van der Waals surface area (Å²) in [5.41, 5.74) is 8.74. The highest BCUT2D eigenvalue weighted by Gasteiger charge is 1.79. The van der Waals surface area contributed by atoms with Crippen LogP contribution in [0.3, 0.4) is 0 Å². The van der Waals surface area contributed by atoms with Gasteiger partial charge in [0.15, 0.2) is 0 Å². The summed E-state index contributed by atoms with van der Waals surface area (Å²) in [4.78, 5) is 2.36. The molecule has 12 heavy (non-hydrogen) atoms. The minimum Gasteiger partial charge on any atom is -0.0973 e. The first-order valence-corrected chi connectivity index (χ1v) is 3.82. The van der Waals surface area contributed by atoms with Crippen molar-refractivity contribution in [1.29, 1.82) is 0 Å².